The van der Waals surface area contributed by atoms with Crippen LogP contribution in [-0.2, 0) is 9.53 Å². The maximum absolute atomic E-state index is 12.2. The lowest BCUT2D eigenvalue weighted by Gasteiger charge is -2.37. The first kappa shape index (κ1) is 16.1. The Bertz CT molecular complexity index is 380. The van der Waals surface area contributed by atoms with Crippen molar-refractivity contribution in [3.63, 3.8) is 0 Å². The normalized spacial score (nSPS) is 25.4. The number of nitrogens with one attached hydrogen (secondary N) is 1. The number of rotatable bonds is 4. The van der Waals surface area contributed by atoms with Gasteiger partial charge < -0.3 is 20.1 Å². The van der Waals surface area contributed by atoms with Crippen molar-refractivity contribution in [2.75, 3.05) is 26.7 Å². The van der Waals surface area contributed by atoms with Gasteiger partial charge in [0.05, 0.1) is 11.5 Å². The van der Waals surface area contributed by atoms with E-state index >= 15 is 0 Å². The predicted octanol–water partition coefficient (Wildman–Crippen LogP) is 1.84. The Kier molecular flexibility index (Phi) is 5.45. The highest BCUT2D eigenvalue weighted by molar-refractivity contribution is 5.76. The van der Waals surface area contributed by atoms with Gasteiger partial charge in [0, 0.05) is 26.7 Å². The standard InChI is InChI=1S/C15H26N2O4/c1-21-15(7-3-2-4-8-15)11-16-14(20)17-9-5-6-12(10-17)13(18)19/h12H,2-11H2,1H3,(H,16,20)(H,18,19). The second-order valence-electron chi connectivity index (χ2n) is 6.23. The van der Waals surface area contributed by atoms with Gasteiger partial charge in [-0.25, -0.2) is 4.79 Å². The van der Waals surface area contributed by atoms with Gasteiger partial charge >= 0.3 is 12.0 Å². The average molecular weight is 298 g/mol. The van der Waals surface area contributed by atoms with Crippen LogP contribution in [0.5, 0.6) is 0 Å². The first-order valence-electron chi connectivity index (χ1n) is 7.87. The average Bonchev–Trinajstić information content (AvgIpc) is 2.53. The first-order valence-corrected chi connectivity index (χ1v) is 7.87. The Balaban J connectivity index is 1.84. The minimum absolute atomic E-state index is 0.164. The molecule has 0 aromatic carbocycles. The molecule has 1 unspecified atom stereocenters. The molecule has 6 heteroatoms. The topological polar surface area (TPSA) is 78.9 Å². The molecule has 6 nitrogen and oxygen atoms in total. The van der Waals surface area contributed by atoms with Crippen LogP contribution in [0.15, 0.2) is 0 Å². The molecule has 2 fully saturated rings. The minimum atomic E-state index is -0.812. The van der Waals surface area contributed by atoms with Crippen LogP contribution in [0.3, 0.4) is 0 Å². The van der Waals surface area contributed by atoms with E-state index in [0.29, 0.717) is 26.1 Å². The summed E-state index contributed by atoms with van der Waals surface area (Å²) in [4.78, 5) is 24.9. The van der Waals surface area contributed by atoms with E-state index in [1.807, 2.05) is 0 Å². The molecule has 1 saturated carbocycles. The number of carboxylic acid groups (broad SMARTS) is 1. The van der Waals surface area contributed by atoms with Crippen LogP contribution in [0.1, 0.15) is 44.9 Å². The van der Waals surface area contributed by atoms with E-state index in [9.17, 15) is 9.59 Å². The molecule has 0 spiro atoms. The number of aliphatic carboxylic acids is 1. The SMILES string of the molecule is COC1(CNC(=O)N2CCCC(C(=O)O)C2)CCCCC1. The van der Waals surface area contributed by atoms with E-state index < -0.39 is 11.9 Å². The Morgan fingerprint density at radius 1 is 1.29 bits per heavy atom. The maximum atomic E-state index is 12.2. The largest absolute Gasteiger partial charge is 0.481 e. The molecule has 2 rings (SSSR count). The van der Waals surface area contributed by atoms with Crippen LogP contribution < -0.4 is 5.32 Å². The van der Waals surface area contributed by atoms with Gasteiger partial charge in [0.15, 0.2) is 0 Å². The Morgan fingerprint density at radius 3 is 2.62 bits per heavy atom. The molecule has 2 amide bonds. The smallest absolute Gasteiger partial charge is 0.317 e. The zero-order valence-electron chi connectivity index (χ0n) is 12.8. The number of urea groups is 1. The third-order valence-corrected chi connectivity index (χ3v) is 4.82. The molecule has 1 atom stereocenters. The molecule has 21 heavy (non-hydrogen) atoms. The number of piperidine rings is 1. The molecule has 2 N–H and O–H groups in total. The van der Waals surface area contributed by atoms with Gasteiger partial charge in [-0.2, -0.15) is 0 Å². The molecule has 2 aliphatic rings. The van der Waals surface area contributed by atoms with Crippen molar-refractivity contribution in [2.24, 2.45) is 5.92 Å². The van der Waals surface area contributed by atoms with Crippen molar-refractivity contribution in [3.05, 3.63) is 0 Å². The minimum Gasteiger partial charge on any atom is -0.481 e. The number of amides is 2. The number of carbonyl (C=O) groups excluding carboxylic acids is 1. The summed E-state index contributed by atoms with van der Waals surface area (Å²) in [6.07, 6.45) is 6.85. The van der Waals surface area contributed by atoms with E-state index in [1.165, 1.54) is 6.42 Å². The molecule has 1 heterocycles. The fourth-order valence-corrected chi connectivity index (χ4v) is 3.36. The van der Waals surface area contributed by atoms with Gasteiger partial charge in [-0.15, -0.1) is 0 Å². The van der Waals surface area contributed by atoms with E-state index in [4.69, 9.17) is 9.84 Å². The van der Waals surface area contributed by atoms with Crippen LogP contribution in [-0.4, -0.2) is 54.4 Å². The number of hydrogen-bond acceptors (Lipinski definition) is 3. The zero-order valence-corrected chi connectivity index (χ0v) is 12.8. The van der Waals surface area contributed by atoms with Gasteiger partial charge in [0.1, 0.15) is 0 Å². The lowest BCUT2D eigenvalue weighted by atomic mass is 9.84. The highest BCUT2D eigenvalue weighted by Crippen LogP contribution is 2.30. The van der Waals surface area contributed by atoms with Gasteiger partial charge in [-0.05, 0) is 25.7 Å². The van der Waals surface area contributed by atoms with Gasteiger partial charge in [0.25, 0.3) is 0 Å². The number of nitrogens with zero attached hydrogens (tertiary/aromatic N) is 1. The summed E-state index contributed by atoms with van der Waals surface area (Å²) < 4.78 is 5.65. The summed E-state index contributed by atoms with van der Waals surface area (Å²) in [5, 5.41) is 12.0. The van der Waals surface area contributed by atoms with E-state index in [1.54, 1.807) is 12.0 Å². The molecule has 1 aliphatic carbocycles. The van der Waals surface area contributed by atoms with Gasteiger partial charge in [0.2, 0.25) is 0 Å². The monoisotopic (exact) mass is 298 g/mol. The number of carbonyl (C=O) groups is 2. The second-order valence-corrected chi connectivity index (χ2v) is 6.23. The van der Waals surface area contributed by atoms with Crippen LogP contribution in [0.2, 0.25) is 0 Å². The Labute approximate surface area is 125 Å². The number of carboxylic acids is 1. The third kappa shape index (κ3) is 4.09. The number of hydrogen-bond donors (Lipinski definition) is 2. The Morgan fingerprint density at radius 2 is 2.00 bits per heavy atom. The molecule has 120 valence electrons. The molecule has 0 aromatic heterocycles. The summed E-state index contributed by atoms with van der Waals surface area (Å²) >= 11 is 0. The van der Waals surface area contributed by atoms with Gasteiger partial charge in [-0.3, -0.25) is 4.79 Å². The van der Waals surface area contributed by atoms with Gasteiger partial charge in [-0.1, -0.05) is 19.3 Å². The van der Waals surface area contributed by atoms with Crippen molar-refractivity contribution in [2.45, 2.75) is 50.5 Å². The lowest BCUT2D eigenvalue weighted by molar-refractivity contribution is -0.143. The summed E-state index contributed by atoms with van der Waals surface area (Å²) in [6, 6.07) is -0.164. The molecule has 0 bridgehead atoms. The maximum Gasteiger partial charge on any atom is 0.317 e. The molecular formula is C15H26N2O4. The molecule has 1 aliphatic heterocycles. The lowest BCUT2D eigenvalue weighted by Crippen LogP contribution is -2.52. The summed E-state index contributed by atoms with van der Waals surface area (Å²) in [5.41, 5.74) is -0.240. The van der Waals surface area contributed by atoms with Crippen LogP contribution in [0, 0.1) is 5.92 Å². The van der Waals surface area contributed by atoms with Crippen molar-refractivity contribution < 1.29 is 19.4 Å². The number of ether oxygens (including phenoxy) is 1. The second kappa shape index (κ2) is 7.11. The number of likely N-dealkylation sites (tertiary alicyclic amines) is 1. The summed E-state index contributed by atoms with van der Waals surface area (Å²) in [6.45, 7) is 1.45. The zero-order chi connectivity index (χ0) is 15.3. The summed E-state index contributed by atoms with van der Waals surface area (Å²) in [7, 11) is 1.71. The van der Waals surface area contributed by atoms with Crippen molar-refractivity contribution in [1.29, 1.82) is 0 Å². The third-order valence-electron chi connectivity index (χ3n) is 4.82. The highest BCUT2D eigenvalue weighted by Gasteiger charge is 2.34. The molecular weight excluding hydrogens is 272 g/mol. The molecule has 0 radical (unpaired) electrons. The molecule has 0 aromatic rings. The fraction of sp³-hybridized carbons (Fsp3) is 0.867. The molecule has 1 saturated heterocycles. The van der Waals surface area contributed by atoms with Crippen LogP contribution >= 0.6 is 0 Å². The number of methoxy groups -OCH3 is 1. The first-order chi connectivity index (χ1) is 10.1. The van der Waals surface area contributed by atoms with Crippen LogP contribution in [0.25, 0.3) is 0 Å². The van der Waals surface area contributed by atoms with E-state index in [-0.39, 0.29) is 11.6 Å². The van der Waals surface area contributed by atoms with Crippen molar-refractivity contribution in [1.82, 2.24) is 10.2 Å². The van der Waals surface area contributed by atoms with Crippen molar-refractivity contribution >= 4 is 12.0 Å². The van der Waals surface area contributed by atoms with E-state index in [0.717, 1.165) is 32.1 Å². The Hall–Kier alpha value is -1.30. The predicted molar refractivity (Wildman–Crippen MR) is 78.2 cm³/mol. The van der Waals surface area contributed by atoms with E-state index in [2.05, 4.69) is 5.32 Å². The summed E-state index contributed by atoms with van der Waals surface area (Å²) in [5.74, 6) is -1.25. The quantitative estimate of drug-likeness (QED) is 0.830. The van der Waals surface area contributed by atoms with Crippen molar-refractivity contribution in [3.8, 4) is 0 Å². The fourth-order valence-electron chi connectivity index (χ4n) is 3.36. The highest BCUT2D eigenvalue weighted by atomic mass is 16.5. The van der Waals surface area contributed by atoms with Crippen LogP contribution in [0.4, 0.5) is 4.79 Å².